The maximum Gasteiger partial charge on any atom is 0.280 e. The van der Waals surface area contributed by atoms with Gasteiger partial charge < -0.3 is 14.9 Å². The molecule has 3 rings (SSSR count). The van der Waals surface area contributed by atoms with Crippen molar-refractivity contribution in [1.82, 2.24) is 5.43 Å². The van der Waals surface area contributed by atoms with E-state index in [-0.39, 0.29) is 11.5 Å². The van der Waals surface area contributed by atoms with Crippen molar-refractivity contribution in [2.24, 2.45) is 5.10 Å². The highest BCUT2D eigenvalue weighted by molar-refractivity contribution is 5.86. The first kappa shape index (κ1) is 19.0. The zero-order chi connectivity index (χ0) is 19.9. The normalized spacial score (nSPS) is 11.9. The van der Waals surface area contributed by atoms with Gasteiger partial charge in [-0.2, -0.15) is 5.10 Å². The first-order valence-corrected chi connectivity index (χ1v) is 8.70. The molecule has 6 nitrogen and oxygen atoms in total. The summed E-state index contributed by atoms with van der Waals surface area (Å²) in [5, 5.41) is 22.7. The van der Waals surface area contributed by atoms with Gasteiger partial charge in [-0.3, -0.25) is 4.79 Å². The molecule has 0 bridgehead atoms. The topological polar surface area (TPSA) is 91.2 Å². The third kappa shape index (κ3) is 4.88. The Bertz CT molecular complexity index is 970. The second-order valence-corrected chi connectivity index (χ2v) is 6.13. The monoisotopic (exact) mass is 376 g/mol. The molecule has 0 saturated carbocycles. The van der Waals surface area contributed by atoms with Gasteiger partial charge in [-0.05, 0) is 42.3 Å². The van der Waals surface area contributed by atoms with Crippen LogP contribution in [0.15, 0.2) is 77.9 Å². The number of nitrogens with one attached hydrogen (secondary N) is 1. The Morgan fingerprint density at radius 3 is 2.36 bits per heavy atom. The van der Waals surface area contributed by atoms with Crippen LogP contribution >= 0.6 is 0 Å². The average molecular weight is 376 g/mol. The molecule has 1 atom stereocenters. The molecule has 3 aromatic carbocycles. The third-order valence-electron chi connectivity index (χ3n) is 4.04. The minimum Gasteiger partial charge on any atom is -0.508 e. The predicted molar refractivity (Wildman–Crippen MR) is 107 cm³/mol. The molecule has 1 amide bonds. The molecule has 3 N–H and O–H groups in total. The van der Waals surface area contributed by atoms with Crippen LogP contribution in [0.5, 0.6) is 17.2 Å². The van der Waals surface area contributed by atoms with Crippen LogP contribution in [-0.2, 0) is 4.79 Å². The summed E-state index contributed by atoms with van der Waals surface area (Å²) >= 11 is 0. The Balaban J connectivity index is 1.56. The van der Waals surface area contributed by atoms with Crippen LogP contribution in [0, 0.1) is 0 Å². The van der Waals surface area contributed by atoms with Crippen molar-refractivity contribution in [2.75, 3.05) is 0 Å². The summed E-state index contributed by atoms with van der Waals surface area (Å²) in [5.41, 5.74) is 4.89. The summed E-state index contributed by atoms with van der Waals surface area (Å²) in [5.74, 6) is -0.0519. The molecule has 0 fully saturated rings. The lowest BCUT2D eigenvalue weighted by Crippen LogP contribution is -2.33. The quantitative estimate of drug-likeness (QED) is 0.452. The lowest BCUT2D eigenvalue weighted by Gasteiger charge is -2.13. The molecule has 0 saturated heterocycles. The molecule has 3 aromatic rings. The number of benzene rings is 3. The van der Waals surface area contributed by atoms with Crippen molar-refractivity contribution in [3.8, 4) is 28.4 Å². The highest BCUT2D eigenvalue weighted by atomic mass is 16.5. The number of rotatable bonds is 6. The van der Waals surface area contributed by atoms with Gasteiger partial charge in [-0.25, -0.2) is 5.43 Å². The largest absolute Gasteiger partial charge is 0.508 e. The number of hydrogen-bond donors (Lipinski definition) is 3. The molecule has 0 unspecified atom stereocenters. The van der Waals surface area contributed by atoms with E-state index in [4.69, 9.17) is 4.74 Å². The number of nitrogens with zero attached hydrogens (tertiary/aromatic N) is 1. The van der Waals surface area contributed by atoms with Crippen LogP contribution < -0.4 is 10.2 Å². The number of amides is 1. The van der Waals surface area contributed by atoms with Gasteiger partial charge in [0.25, 0.3) is 5.91 Å². The lowest BCUT2D eigenvalue weighted by atomic mass is 10.1. The Morgan fingerprint density at radius 1 is 1.00 bits per heavy atom. The smallest absolute Gasteiger partial charge is 0.280 e. The fraction of sp³-hybridized carbons (Fsp3) is 0.0909. The first-order valence-electron chi connectivity index (χ1n) is 8.70. The summed E-state index contributed by atoms with van der Waals surface area (Å²) < 4.78 is 5.64. The van der Waals surface area contributed by atoms with Crippen molar-refractivity contribution < 1.29 is 19.7 Å². The van der Waals surface area contributed by atoms with Crippen molar-refractivity contribution >= 4 is 12.1 Å². The Kier molecular flexibility index (Phi) is 5.91. The third-order valence-corrected chi connectivity index (χ3v) is 4.04. The number of hydrogen-bond acceptors (Lipinski definition) is 5. The van der Waals surface area contributed by atoms with Crippen LogP contribution in [0.3, 0.4) is 0 Å². The minimum absolute atomic E-state index is 0.0565. The summed E-state index contributed by atoms with van der Waals surface area (Å²) in [6, 6.07) is 21.5. The number of carbonyl (C=O) groups excluding carboxylic acids is 1. The van der Waals surface area contributed by atoms with Crippen LogP contribution in [0.1, 0.15) is 12.5 Å². The number of ether oxygens (including phenoxy) is 1. The first-order chi connectivity index (χ1) is 13.5. The molecular weight excluding hydrogens is 356 g/mol. The second-order valence-electron chi connectivity index (χ2n) is 6.13. The van der Waals surface area contributed by atoms with Crippen LogP contribution in [-0.4, -0.2) is 28.4 Å². The molecule has 0 heterocycles. The van der Waals surface area contributed by atoms with E-state index in [9.17, 15) is 15.0 Å². The molecule has 0 aliphatic heterocycles. The van der Waals surface area contributed by atoms with E-state index in [1.54, 1.807) is 6.92 Å². The van der Waals surface area contributed by atoms with Crippen molar-refractivity contribution in [3.63, 3.8) is 0 Å². The number of carbonyl (C=O) groups is 1. The van der Waals surface area contributed by atoms with Crippen LogP contribution in [0.2, 0.25) is 0 Å². The maximum absolute atomic E-state index is 12.1. The van der Waals surface area contributed by atoms with Crippen molar-refractivity contribution in [3.05, 3.63) is 78.4 Å². The second kappa shape index (κ2) is 8.73. The van der Waals surface area contributed by atoms with Gasteiger partial charge in [0.1, 0.15) is 17.2 Å². The van der Waals surface area contributed by atoms with E-state index in [1.807, 2.05) is 54.6 Å². The molecule has 28 heavy (non-hydrogen) atoms. The molecular formula is C22H20N2O4. The van der Waals surface area contributed by atoms with Gasteiger partial charge in [0, 0.05) is 11.6 Å². The van der Waals surface area contributed by atoms with E-state index in [2.05, 4.69) is 10.5 Å². The Hall–Kier alpha value is -3.80. The number of phenols is 2. The lowest BCUT2D eigenvalue weighted by molar-refractivity contribution is -0.127. The molecule has 0 aliphatic rings. The van der Waals surface area contributed by atoms with Crippen molar-refractivity contribution in [2.45, 2.75) is 13.0 Å². The van der Waals surface area contributed by atoms with E-state index < -0.39 is 12.0 Å². The Labute approximate surface area is 162 Å². The van der Waals surface area contributed by atoms with Crippen molar-refractivity contribution in [1.29, 1.82) is 0 Å². The zero-order valence-corrected chi connectivity index (χ0v) is 15.2. The van der Waals surface area contributed by atoms with Crippen LogP contribution in [0.25, 0.3) is 11.1 Å². The highest BCUT2D eigenvalue weighted by Crippen LogP contribution is 2.23. The maximum atomic E-state index is 12.1. The molecule has 142 valence electrons. The zero-order valence-electron chi connectivity index (χ0n) is 15.2. The predicted octanol–water partition coefficient (Wildman–Crippen LogP) is 3.68. The van der Waals surface area contributed by atoms with Gasteiger partial charge in [0.15, 0.2) is 6.10 Å². The van der Waals surface area contributed by atoms with E-state index in [1.165, 1.54) is 24.4 Å². The van der Waals surface area contributed by atoms with Gasteiger partial charge in [-0.15, -0.1) is 0 Å². The van der Waals surface area contributed by atoms with E-state index in [0.29, 0.717) is 11.3 Å². The standard InChI is InChI=1S/C22H20N2O4/c1-15(22(27)24-23-14-18-7-10-19(25)13-21(18)26)28-20-11-8-17(9-12-20)16-5-3-2-4-6-16/h2-15,25-26H,1H3,(H,24,27)/b23-14-/t15-/m0/s1. The van der Waals surface area contributed by atoms with Gasteiger partial charge in [0.05, 0.1) is 6.21 Å². The average Bonchev–Trinajstić information content (AvgIpc) is 2.70. The fourth-order valence-electron chi connectivity index (χ4n) is 2.51. The van der Waals surface area contributed by atoms with E-state index in [0.717, 1.165) is 11.1 Å². The molecule has 0 aliphatic carbocycles. The van der Waals surface area contributed by atoms with Crippen LogP contribution in [0.4, 0.5) is 0 Å². The number of phenolic OH excluding ortho intramolecular Hbond substituents is 2. The Morgan fingerprint density at radius 2 is 1.68 bits per heavy atom. The summed E-state index contributed by atoms with van der Waals surface area (Å²) in [7, 11) is 0. The van der Waals surface area contributed by atoms with E-state index >= 15 is 0 Å². The SMILES string of the molecule is C[C@H](Oc1ccc(-c2ccccc2)cc1)C(=O)N/N=C\c1ccc(O)cc1O. The summed E-state index contributed by atoms with van der Waals surface area (Å²) in [4.78, 5) is 12.1. The summed E-state index contributed by atoms with van der Waals surface area (Å²) in [6.07, 6.45) is 0.529. The minimum atomic E-state index is -0.756. The van der Waals surface area contributed by atoms with Gasteiger partial charge in [0.2, 0.25) is 0 Å². The molecule has 6 heteroatoms. The van der Waals surface area contributed by atoms with Gasteiger partial charge in [-0.1, -0.05) is 42.5 Å². The number of hydrazone groups is 1. The fourth-order valence-corrected chi connectivity index (χ4v) is 2.51. The highest BCUT2D eigenvalue weighted by Gasteiger charge is 2.14. The molecule has 0 radical (unpaired) electrons. The number of aromatic hydroxyl groups is 2. The molecule has 0 spiro atoms. The summed E-state index contributed by atoms with van der Waals surface area (Å²) in [6.45, 7) is 1.62. The van der Waals surface area contributed by atoms with Gasteiger partial charge >= 0.3 is 0 Å². The molecule has 0 aromatic heterocycles.